The summed E-state index contributed by atoms with van der Waals surface area (Å²) in [5.74, 6) is 0. The van der Waals surface area contributed by atoms with E-state index in [1.165, 1.54) is 6.07 Å². The number of nitrogens with zero attached hydrogens (tertiary/aromatic N) is 3. The van der Waals surface area contributed by atoms with Gasteiger partial charge in [-0.1, -0.05) is 38.1 Å². The van der Waals surface area contributed by atoms with Gasteiger partial charge < -0.3 is 5.21 Å². The first-order valence-corrected chi connectivity index (χ1v) is 7.24. The predicted molar refractivity (Wildman–Crippen MR) is 87.1 cm³/mol. The van der Waals surface area contributed by atoms with Gasteiger partial charge in [0.15, 0.2) is 0 Å². The highest BCUT2D eigenvalue weighted by molar-refractivity contribution is 6.03. The molecule has 0 radical (unpaired) electrons. The molecule has 0 fully saturated rings. The number of oxime groups is 1. The van der Waals surface area contributed by atoms with Crippen molar-refractivity contribution >= 4 is 11.4 Å². The van der Waals surface area contributed by atoms with Crippen LogP contribution in [0.25, 0.3) is 0 Å². The highest BCUT2D eigenvalue weighted by atomic mass is 16.6. The van der Waals surface area contributed by atoms with Crippen molar-refractivity contribution in [3.8, 4) is 0 Å². The van der Waals surface area contributed by atoms with Crippen molar-refractivity contribution in [3.05, 3.63) is 56.9 Å². The standard InChI is InChI=1S/C16H20N4O3/c1-10-12(6-5-7-14(10)20(22)23)13(19-21)8-11-9-15(18-17-11)16(2,3)4/h5-7,9,21H,8H2,1-4H3,(H,17,18)/b19-13-. The van der Waals surface area contributed by atoms with Gasteiger partial charge in [0.05, 0.1) is 16.3 Å². The van der Waals surface area contributed by atoms with Crippen molar-refractivity contribution in [1.82, 2.24) is 10.2 Å². The van der Waals surface area contributed by atoms with Gasteiger partial charge in [-0.25, -0.2) is 0 Å². The summed E-state index contributed by atoms with van der Waals surface area (Å²) >= 11 is 0. The van der Waals surface area contributed by atoms with E-state index in [1.54, 1.807) is 19.1 Å². The minimum Gasteiger partial charge on any atom is -0.411 e. The number of aromatic nitrogens is 2. The van der Waals surface area contributed by atoms with Crippen molar-refractivity contribution in [1.29, 1.82) is 0 Å². The number of nitro benzene ring substituents is 1. The molecule has 7 heteroatoms. The summed E-state index contributed by atoms with van der Waals surface area (Å²) in [6.45, 7) is 7.81. The molecule has 0 saturated carbocycles. The fourth-order valence-electron chi connectivity index (χ4n) is 2.34. The van der Waals surface area contributed by atoms with Crippen LogP contribution in [0.3, 0.4) is 0 Å². The Kier molecular flexibility index (Phi) is 4.49. The van der Waals surface area contributed by atoms with Crippen molar-refractivity contribution < 1.29 is 10.1 Å². The largest absolute Gasteiger partial charge is 0.411 e. The van der Waals surface area contributed by atoms with E-state index in [9.17, 15) is 15.3 Å². The third-order valence-electron chi connectivity index (χ3n) is 3.69. The fraction of sp³-hybridized carbons (Fsp3) is 0.375. The Morgan fingerprint density at radius 2 is 2.13 bits per heavy atom. The van der Waals surface area contributed by atoms with E-state index in [1.807, 2.05) is 6.07 Å². The molecule has 0 aliphatic heterocycles. The normalized spacial score (nSPS) is 12.4. The number of benzene rings is 1. The van der Waals surface area contributed by atoms with E-state index in [0.717, 1.165) is 11.4 Å². The lowest BCUT2D eigenvalue weighted by Gasteiger charge is -2.13. The Morgan fingerprint density at radius 3 is 2.65 bits per heavy atom. The highest BCUT2D eigenvalue weighted by Crippen LogP contribution is 2.24. The van der Waals surface area contributed by atoms with E-state index in [0.29, 0.717) is 23.3 Å². The van der Waals surface area contributed by atoms with E-state index in [4.69, 9.17) is 0 Å². The molecule has 0 unspecified atom stereocenters. The van der Waals surface area contributed by atoms with Crippen LogP contribution in [0.1, 0.15) is 43.3 Å². The summed E-state index contributed by atoms with van der Waals surface area (Å²) in [6.07, 6.45) is 0.307. The van der Waals surface area contributed by atoms with E-state index in [2.05, 4.69) is 36.1 Å². The van der Waals surface area contributed by atoms with Crippen molar-refractivity contribution in [2.45, 2.75) is 39.5 Å². The number of rotatable bonds is 4. The maximum atomic E-state index is 11.0. The van der Waals surface area contributed by atoms with E-state index >= 15 is 0 Å². The monoisotopic (exact) mass is 316 g/mol. The molecule has 2 aromatic rings. The fourth-order valence-corrected chi connectivity index (χ4v) is 2.34. The van der Waals surface area contributed by atoms with E-state index < -0.39 is 4.92 Å². The number of hydrogen-bond acceptors (Lipinski definition) is 5. The number of aromatic amines is 1. The van der Waals surface area contributed by atoms with Crippen molar-refractivity contribution in [3.63, 3.8) is 0 Å². The predicted octanol–water partition coefficient (Wildman–Crippen LogP) is 3.34. The van der Waals surface area contributed by atoms with Gasteiger partial charge in [-0.05, 0) is 13.0 Å². The van der Waals surface area contributed by atoms with Gasteiger partial charge in [-0.15, -0.1) is 0 Å². The minimum atomic E-state index is -0.443. The average Bonchev–Trinajstić information content (AvgIpc) is 2.93. The van der Waals surface area contributed by atoms with Crippen LogP contribution in [-0.2, 0) is 11.8 Å². The van der Waals surface area contributed by atoms with Gasteiger partial charge in [-0.3, -0.25) is 15.2 Å². The van der Waals surface area contributed by atoms with Crippen LogP contribution < -0.4 is 0 Å². The number of nitro groups is 1. The molecule has 1 heterocycles. The third kappa shape index (κ3) is 3.56. The lowest BCUT2D eigenvalue weighted by atomic mass is 9.92. The summed E-state index contributed by atoms with van der Waals surface area (Å²) in [5.41, 5.74) is 2.98. The molecule has 1 aromatic carbocycles. The zero-order valence-corrected chi connectivity index (χ0v) is 13.6. The Hall–Kier alpha value is -2.70. The number of nitrogens with one attached hydrogen (secondary N) is 1. The second kappa shape index (κ2) is 6.20. The van der Waals surface area contributed by atoms with Crippen molar-refractivity contribution in [2.75, 3.05) is 0 Å². The molecule has 0 aliphatic carbocycles. The van der Waals surface area contributed by atoms with Crippen LogP contribution in [0.5, 0.6) is 0 Å². The lowest BCUT2D eigenvalue weighted by Crippen LogP contribution is -2.11. The van der Waals surface area contributed by atoms with Crippen LogP contribution in [0, 0.1) is 17.0 Å². The molecule has 0 aliphatic rings. The van der Waals surface area contributed by atoms with Gasteiger partial charge in [-0.2, -0.15) is 5.10 Å². The zero-order valence-electron chi connectivity index (χ0n) is 13.6. The zero-order chi connectivity index (χ0) is 17.2. The number of H-pyrrole nitrogens is 1. The Labute approximate surface area is 134 Å². The molecule has 1 aromatic heterocycles. The Balaban J connectivity index is 2.34. The van der Waals surface area contributed by atoms with Crippen molar-refractivity contribution in [2.24, 2.45) is 5.16 Å². The van der Waals surface area contributed by atoms with Crippen LogP contribution in [0.4, 0.5) is 5.69 Å². The summed E-state index contributed by atoms with van der Waals surface area (Å²) in [5, 5.41) is 30.9. The first kappa shape index (κ1) is 16.7. The van der Waals surface area contributed by atoms with Gasteiger partial charge in [0, 0.05) is 34.7 Å². The van der Waals surface area contributed by atoms with Gasteiger partial charge >= 0.3 is 0 Å². The molecule has 0 bridgehead atoms. The first-order valence-electron chi connectivity index (χ1n) is 7.24. The molecule has 7 nitrogen and oxygen atoms in total. The second-order valence-corrected chi connectivity index (χ2v) is 6.46. The molecule has 0 atom stereocenters. The molecule has 2 N–H and O–H groups in total. The summed E-state index contributed by atoms with van der Waals surface area (Å²) in [6, 6.07) is 6.64. The molecule has 122 valence electrons. The maximum absolute atomic E-state index is 11.0. The SMILES string of the molecule is Cc1c(/C(Cc2cc(C(C)(C)C)n[nH]2)=N\O)cccc1[N+](=O)[O-]. The number of hydrogen-bond donors (Lipinski definition) is 2. The van der Waals surface area contributed by atoms with Gasteiger partial charge in [0.2, 0.25) is 0 Å². The van der Waals surface area contributed by atoms with E-state index in [-0.39, 0.29) is 11.1 Å². The second-order valence-electron chi connectivity index (χ2n) is 6.46. The summed E-state index contributed by atoms with van der Waals surface area (Å²) in [4.78, 5) is 10.6. The summed E-state index contributed by atoms with van der Waals surface area (Å²) in [7, 11) is 0. The minimum absolute atomic E-state index is 0.00337. The Bertz CT molecular complexity index is 757. The maximum Gasteiger partial charge on any atom is 0.272 e. The topological polar surface area (TPSA) is 104 Å². The van der Waals surface area contributed by atoms with Crippen LogP contribution >= 0.6 is 0 Å². The molecular formula is C16H20N4O3. The summed E-state index contributed by atoms with van der Waals surface area (Å²) < 4.78 is 0. The third-order valence-corrected chi connectivity index (χ3v) is 3.69. The quantitative estimate of drug-likeness (QED) is 0.390. The molecule has 0 amide bonds. The smallest absolute Gasteiger partial charge is 0.272 e. The van der Waals surface area contributed by atoms with Crippen LogP contribution in [0.15, 0.2) is 29.4 Å². The molecular weight excluding hydrogens is 296 g/mol. The first-order chi connectivity index (χ1) is 10.7. The molecule has 23 heavy (non-hydrogen) atoms. The van der Waals surface area contributed by atoms with Gasteiger partial charge in [0.25, 0.3) is 5.69 Å². The van der Waals surface area contributed by atoms with Crippen LogP contribution in [0.2, 0.25) is 0 Å². The van der Waals surface area contributed by atoms with Crippen LogP contribution in [-0.4, -0.2) is 26.0 Å². The molecule has 0 saturated heterocycles. The lowest BCUT2D eigenvalue weighted by molar-refractivity contribution is -0.385. The average molecular weight is 316 g/mol. The molecule has 0 spiro atoms. The van der Waals surface area contributed by atoms with Gasteiger partial charge in [0.1, 0.15) is 0 Å². The molecule has 2 rings (SSSR count). The Morgan fingerprint density at radius 1 is 1.43 bits per heavy atom. The highest BCUT2D eigenvalue weighted by Gasteiger charge is 2.20.